The first-order valence-electron chi connectivity index (χ1n) is 8.59. The van der Waals surface area contributed by atoms with Crippen LogP contribution in [0.1, 0.15) is 54.7 Å². The Morgan fingerprint density at radius 3 is 2.96 bits per heavy atom. The van der Waals surface area contributed by atoms with E-state index in [2.05, 4.69) is 39.9 Å². The van der Waals surface area contributed by atoms with Crippen LogP contribution in [-0.4, -0.2) is 41.7 Å². The molecule has 5 nitrogen and oxygen atoms in total. The number of aromatic nitrogens is 2. The van der Waals surface area contributed by atoms with Gasteiger partial charge in [0.15, 0.2) is 5.82 Å². The number of rotatable bonds is 3. The van der Waals surface area contributed by atoms with Gasteiger partial charge in [-0.15, -0.1) is 11.3 Å². The van der Waals surface area contributed by atoms with Crippen LogP contribution in [0.2, 0.25) is 0 Å². The van der Waals surface area contributed by atoms with Crippen LogP contribution >= 0.6 is 11.3 Å². The SMILES string of the molecule is CN1CCNCC1c1noc(C2(c3cccs3)CCCCC2)n1. The highest BCUT2D eigenvalue weighted by Gasteiger charge is 2.42. The van der Waals surface area contributed by atoms with Crippen LogP contribution in [0, 0.1) is 0 Å². The minimum atomic E-state index is -0.0572. The fourth-order valence-electron chi connectivity index (χ4n) is 3.93. The molecule has 23 heavy (non-hydrogen) atoms. The lowest BCUT2D eigenvalue weighted by Gasteiger charge is -2.33. The molecule has 124 valence electrons. The minimum Gasteiger partial charge on any atom is -0.338 e. The summed E-state index contributed by atoms with van der Waals surface area (Å²) in [6, 6.07) is 4.57. The van der Waals surface area contributed by atoms with Crippen LogP contribution in [-0.2, 0) is 5.41 Å². The number of likely N-dealkylation sites (N-methyl/N-ethyl adjacent to an activating group) is 1. The van der Waals surface area contributed by atoms with Gasteiger partial charge in [-0.2, -0.15) is 4.98 Å². The topological polar surface area (TPSA) is 54.2 Å². The van der Waals surface area contributed by atoms with E-state index in [0.29, 0.717) is 0 Å². The molecule has 0 amide bonds. The van der Waals surface area contributed by atoms with Crippen molar-refractivity contribution < 1.29 is 4.52 Å². The van der Waals surface area contributed by atoms with Gasteiger partial charge in [-0.25, -0.2) is 0 Å². The third-order valence-corrected chi connectivity index (χ3v) is 6.43. The van der Waals surface area contributed by atoms with Crippen molar-refractivity contribution in [1.29, 1.82) is 0 Å². The first-order chi connectivity index (χ1) is 11.3. The molecule has 1 saturated carbocycles. The van der Waals surface area contributed by atoms with Crippen LogP contribution < -0.4 is 5.32 Å². The van der Waals surface area contributed by atoms with Crippen molar-refractivity contribution in [2.24, 2.45) is 0 Å². The maximum Gasteiger partial charge on any atom is 0.238 e. The zero-order valence-electron chi connectivity index (χ0n) is 13.6. The lowest BCUT2D eigenvalue weighted by Crippen LogP contribution is -2.44. The van der Waals surface area contributed by atoms with Crippen molar-refractivity contribution >= 4 is 11.3 Å². The van der Waals surface area contributed by atoms with Crippen molar-refractivity contribution in [3.63, 3.8) is 0 Å². The third kappa shape index (κ3) is 2.73. The van der Waals surface area contributed by atoms with Gasteiger partial charge in [-0.1, -0.05) is 30.5 Å². The smallest absolute Gasteiger partial charge is 0.238 e. The number of nitrogens with one attached hydrogen (secondary N) is 1. The Morgan fingerprint density at radius 1 is 1.35 bits per heavy atom. The summed E-state index contributed by atoms with van der Waals surface area (Å²) in [7, 11) is 2.14. The van der Waals surface area contributed by atoms with Crippen LogP contribution in [0.3, 0.4) is 0 Å². The fraction of sp³-hybridized carbons (Fsp3) is 0.647. The van der Waals surface area contributed by atoms with Crippen molar-refractivity contribution in [2.75, 3.05) is 26.7 Å². The summed E-state index contributed by atoms with van der Waals surface area (Å²) in [5, 5.41) is 9.94. The van der Waals surface area contributed by atoms with E-state index in [1.165, 1.54) is 24.1 Å². The second-order valence-corrected chi connectivity index (χ2v) is 7.73. The zero-order chi connectivity index (χ0) is 15.7. The molecule has 1 unspecified atom stereocenters. The molecule has 0 aromatic carbocycles. The number of thiophene rings is 1. The molecule has 1 aliphatic carbocycles. The monoisotopic (exact) mass is 332 g/mol. The summed E-state index contributed by atoms with van der Waals surface area (Å²) in [4.78, 5) is 8.57. The largest absolute Gasteiger partial charge is 0.338 e. The molecule has 0 radical (unpaired) electrons. The normalized spacial score (nSPS) is 25.5. The summed E-state index contributed by atoms with van der Waals surface area (Å²) >= 11 is 1.82. The Labute approximate surface area is 141 Å². The van der Waals surface area contributed by atoms with Gasteiger partial charge in [0.1, 0.15) is 0 Å². The number of hydrogen-bond donors (Lipinski definition) is 1. The summed E-state index contributed by atoms with van der Waals surface area (Å²) in [6.07, 6.45) is 6.02. The van der Waals surface area contributed by atoms with E-state index in [1.54, 1.807) is 0 Å². The van der Waals surface area contributed by atoms with E-state index in [4.69, 9.17) is 9.51 Å². The summed E-state index contributed by atoms with van der Waals surface area (Å²) in [5.41, 5.74) is -0.0572. The summed E-state index contributed by atoms with van der Waals surface area (Å²) in [6.45, 7) is 2.93. The Morgan fingerprint density at radius 2 is 2.22 bits per heavy atom. The predicted octanol–water partition coefficient (Wildman–Crippen LogP) is 2.96. The summed E-state index contributed by atoms with van der Waals surface area (Å²) < 4.78 is 5.82. The Balaban J connectivity index is 1.68. The Kier molecular flexibility index (Phi) is 4.22. The molecule has 0 bridgehead atoms. The van der Waals surface area contributed by atoms with E-state index >= 15 is 0 Å². The molecule has 1 saturated heterocycles. The highest BCUT2D eigenvalue weighted by atomic mass is 32.1. The molecule has 1 atom stereocenters. The molecule has 4 rings (SSSR count). The van der Waals surface area contributed by atoms with Crippen LogP contribution in [0.15, 0.2) is 22.0 Å². The third-order valence-electron chi connectivity index (χ3n) is 5.36. The van der Waals surface area contributed by atoms with Crippen molar-refractivity contribution in [3.05, 3.63) is 34.1 Å². The standard InChI is InChI=1S/C17H24N4OS/c1-21-10-9-18-12-13(21)15-19-16(22-20-15)17(7-3-2-4-8-17)14-6-5-11-23-14/h5-6,11,13,18H,2-4,7-10,12H2,1H3. The van der Waals surface area contributed by atoms with Gasteiger partial charge in [0, 0.05) is 24.5 Å². The zero-order valence-corrected chi connectivity index (χ0v) is 14.4. The van der Waals surface area contributed by atoms with Gasteiger partial charge in [-0.3, -0.25) is 4.90 Å². The van der Waals surface area contributed by atoms with E-state index in [-0.39, 0.29) is 11.5 Å². The van der Waals surface area contributed by atoms with Crippen LogP contribution in [0.5, 0.6) is 0 Å². The van der Waals surface area contributed by atoms with E-state index in [9.17, 15) is 0 Å². The average molecular weight is 332 g/mol. The molecule has 2 aliphatic rings. The van der Waals surface area contributed by atoms with Gasteiger partial charge >= 0.3 is 0 Å². The lowest BCUT2D eigenvalue weighted by atomic mass is 9.73. The number of nitrogens with zero attached hydrogens (tertiary/aromatic N) is 3. The highest BCUT2D eigenvalue weighted by Crippen LogP contribution is 2.46. The molecule has 2 aromatic heterocycles. The molecule has 6 heteroatoms. The fourth-order valence-corrected chi connectivity index (χ4v) is 4.91. The maximum atomic E-state index is 5.82. The van der Waals surface area contributed by atoms with E-state index < -0.39 is 0 Å². The van der Waals surface area contributed by atoms with E-state index in [1.807, 2.05) is 11.3 Å². The van der Waals surface area contributed by atoms with Crippen molar-refractivity contribution in [3.8, 4) is 0 Å². The molecule has 2 aromatic rings. The number of piperazine rings is 1. The Bertz CT molecular complexity index is 633. The van der Waals surface area contributed by atoms with Crippen LogP contribution in [0.4, 0.5) is 0 Å². The van der Waals surface area contributed by atoms with Gasteiger partial charge in [0.25, 0.3) is 0 Å². The summed E-state index contributed by atoms with van der Waals surface area (Å²) in [5.74, 6) is 1.66. The quantitative estimate of drug-likeness (QED) is 0.936. The predicted molar refractivity (Wildman–Crippen MR) is 90.7 cm³/mol. The second-order valence-electron chi connectivity index (χ2n) is 6.78. The minimum absolute atomic E-state index is 0.0572. The van der Waals surface area contributed by atoms with Gasteiger partial charge < -0.3 is 9.84 Å². The average Bonchev–Trinajstić information content (AvgIpc) is 3.28. The molecular formula is C17H24N4OS. The Hall–Kier alpha value is -1.24. The maximum absolute atomic E-state index is 5.82. The lowest BCUT2D eigenvalue weighted by molar-refractivity contribution is 0.189. The molecule has 1 N–H and O–H groups in total. The van der Waals surface area contributed by atoms with Gasteiger partial charge in [-0.05, 0) is 31.3 Å². The molecular weight excluding hydrogens is 308 g/mol. The van der Waals surface area contributed by atoms with Crippen LogP contribution in [0.25, 0.3) is 0 Å². The molecule has 3 heterocycles. The van der Waals surface area contributed by atoms with Gasteiger partial charge in [0.2, 0.25) is 5.89 Å². The van der Waals surface area contributed by atoms with Gasteiger partial charge in [0.05, 0.1) is 11.5 Å². The van der Waals surface area contributed by atoms with E-state index in [0.717, 1.165) is 44.2 Å². The first-order valence-corrected chi connectivity index (χ1v) is 9.47. The number of hydrogen-bond acceptors (Lipinski definition) is 6. The van der Waals surface area contributed by atoms with Crippen molar-refractivity contribution in [2.45, 2.75) is 43.6 Å². The first kappa shape index (κ1) is 15.3. The van der Waals surface area contributed by atoms with Crippen molar-refractivity contribution in [1.82, 2.24) is 20.4 Å². The highest BCUT2D eigenvalue weighted by molar-refractivity contribution is 7.10. The second kappa shape index (κ2) is 6.34. The molecule has 0 spiro atoms. The molecule has 1 aliphatic heterocycles. The molecule has 2 fully saturated rings.